The molecule has 0 amide bonds. The largest absolute Gasteiger partial charge is 0.479 e. The average Bonchev–Trinajstić information content (AvgIpc) is 3.55. The van der Waals surface area contributed by atoms with Gasteiger partial charge in [0, 0.05) is 18.7 Å². The van der Waals surface area contributed by atoms with Crippen LogP contribution in [0.5, 0.6) is 5.88 Å². The van der Waals surface area contributed by atoms with E-state index in [4.69, 9.17) is 19.8 Å². The summed E-state index contributed by atoms with van der Waals surface area (Å²) >= 11 is 0. The summed E-state index contributed by atoms with van der Waals surface area (Å²) in [5.74, 6) is 2.35. The SMILES string of the molecule is COc1nc(-c2nc3n(n2)CCC[C@H]3c2ccc(-c3ccccc3)cc2)ccc1-n1cnc(C)c1. The zero-order chi connectivity index (χ0) is 23.8. The van der Waals surface area contributed by atoms with Crippen LogP contribution in [0.15, 0.2) is 79.3 Å². The summed E-state index contributed by atoms with van der Waals surface area (Å²) in [4.78, 5) is 14.0. The van der Waals surface area contributed by atoms with Gasteiger partial charge in [-0.3, -0.25) is 0 Å². The van der Waals surface area contributed by atoms with E-state index in [-0.39, 0.29) is 5.92 Å². The second kappa shape index (κ2) is 8.83. The van der Waals surface area contributed by atoms with Crippen LogP contribution in [0.4, 0.5) is 0 Å². The van der Waals surface area contributed by atoms with Crippen molar-refractivity contribution in [2.45, 2.75) is 32.2 Å². The minimum Gasteiger partial charge on any atom is -0.479 e. The average molecular weight is 463 g/mol. The van der Waals surface area contributed by atoms with E-state index in [9.17, 15) is 0 Å². The topological polar surface area (TPSA) is 70.7 Å². The first-order chi connectivity index (χ1) is 17.2. The van der Waals surface area contributed by atoms with E-state index in [1.807, 2.05) is 40.6 Å². The minimum absolute atomic E-state index is 0.213. The van der Waals surface area contributed by atoms with Crippen molar-refractivity contribution >= 4 is 0 Å². The molecule has 0 aliphatic carbocycles. The highest BCUT2D eigenvalue weighted by atomic mass is 16.5. The number of nitrogens with zero attached hydrogens (tertiary/aromatic N) is 6. The van der Waals surface area contributed by atoms with Gasteiger partial charge in [0.1, 0.15) is 17.2 Å². The zero-order valence-electron chi connectivity index (χ0n) is 19.8. The standard InChI is InChI=1S/C28H26N6O/c1-19-17-33(18-29-19)25-15-14-24(30-28(25)35-2)26-31-27-23(9-6-16-34(27)32-26)22-12-10-21(11-13-22)20-7-4-3-5-8-20/h3-5,7-8,10-15,17-18,23H,6,9,16H2,1-2H3/t23-/m0/s1. The molecule has 3 aromatic heterocycles. The van der Waals surface area contributed by atoms with E-state index >= 15 is 0 Å². The van der Waals surface area contributed by atoms with Gasteiger partial charge in [-0.15, -0.1) is 5.10 Å². The molecule has 2 aromatic carbocycles. The fourth-order valence-electron chi connectivity index (χ4n) is 4.77. The molecule has 7 heteroatoms. The zero-order valence-corrected chi connectivity index (χ0v) is 19.8. The Morgan fingerprint density at radius 1 is 0.914 bits per heavy atom. The highest BCUT2D eigenvalue weighted by Crippen LogP contribution is 2.35. The number of fused-ring (bicyclic) bond motifs is 1. The molecule has 0 bridgehead atoms. The Hall–Kier alpha value is -4.26. The van der Waals surface area contributed by atoms with Crippen molar-refractivity contribution in [3.8, 4) is 34.2 Å². The molecule has 0 saturated carbocycles. The van der Waals surface area contributed by atoms with Crippen LogP contribution in [0, 0.1) is 6.92 Å². The van der Waals surface area contributed by atoms with Crippen molar-refractivity contribution in [2.75, 3.05) is 7.11 Å². The molecule has 6 rings (SSSR count). The first-order valence-corrected chi connectivity index (χ1v) is 11.9. The van der Waals surface area contributed by atoms with Gasteiger partial charge < -0.3 is 9.30 Å². The maximum atomic E-state index is 5.59. The molecule has 4 heterocycles. The van der Waals surface area contributed by atoms with Crippen molar-refractivity contribution < 1.29 is 4.74 Å². The molecule has 0 unspecified atom stereocenters. The Morgan fingerprint density at radius 3 is 2.46 bits per heavy atom. The van der Waals surface area contributed by atoms with E-state index < -0.39 is 0 Å². The first kappa shape index (κ1) is 21.3. The third-order valence-electron chi connectivity index (χ3n) is 6.55. The lowest BCUT2D eigenvalue weighted by molar-refractivity contribution is 0.396. The summed E-state index contributed by atoms with van der Waals surface area (Å²) in [6.07, 6.45) is 5.82. The number of rotatable bonds is 5. The third kappa shape index (κ3) is 3.99. The summed E-state index contributed by atoms with van der Waals surface area (Å²) in [7, 11) is 1.63. The molecule has 1 aliphatic heterocycles. The van der Waals surface area contributed by atoms with Gasteiger partial charge in [0.05, 0.1) is 19.1 Å². The van der Waals surface area contributed by atoms with Gasteiger partial charge in [0.15, 0.2) is 5.82 Å². The summed E-state index contributed by atoms with van der Waals surface area (Å²) in [5, 5.41) is 4.81. The number of methoxy groups -OCH3 is 1. The molecule has 0 fully saturated rings. The van der Waals surface area contributed by atoms with Gasteiger partial charge in [0.2, 0.25) is 5.88 Å². The van der Waals surface area contributed by atoms with Crippen LogP contribution in [0.2, 0.25) is 0 Å². The first-order valence-electron chi connectivity index (χ1n) is 11.9. The number of ether oxygens (including phenoxy) is 1. The smallest absolute Gasteiger partial charge is 0.238 e. The number of aromatic nitrogens is 6. The molecule has 0 spiro atoms. The Labute approximate surface area is 204 Å². The molecule has 7 nitrogen and oxygen atoms in total. The monoisotopic (exact) mass is 462 g/mol. The number of imidazole rings is 1. The molecular weight excluding hydrogens is 436 g/mol. The maximum absolute atomic E-state index is 5.59. The van der Waals surface area contributed by atoms with Crippen molar-refractivity contribution in [1.29, 1.82) is 0 Å². The van der Waals surface area contributed by atoms with Crippen LogP contribution < -0.4 is 4.74 Å². The second-order valence-electron chi connectivity index (χ2n) is 8.85. The molecule has 0 radical (unpaired) electrons. The van der Waals surface area contributed by atoms with Gasteiger partial charge >= 0.3 is 0 Å². The van der Waals surface area contributed by atoms with E-state index in [1.54, 1.807) is 13.4 Å². The summed E-state index contributed by atoms with van der Waals surface area (Å²) in [5.41, 5.74) is 6.17. The van der Waals surface area contributed by atoms with E-state index in [0.29, 0.717) is 17.4 Å². The van der Waals surface area contributed by atoms with Gasteiger partial charge in [-0.1, -0.05) is 54.6 Å². The predicted molar refractivity (Wildman–Crippen MR) is 135 cm³/mol. The van der Waals surface area contributed by atoms with Gasteiger partial charge in [-0.05, 0) is 48.6 Å². The number of aryl methyl sites for hydroxylation is 2. The van der Waals surface area contributed by atoms with Gasteiger partial charge in [0.25, 0.3) is 0 Å². The molecule has 1 aliphatic rings. The highest BCUT2D eigenvalue weighted by Gasteiger charge is 2.27. The fraction of sp³-hybridized carbons (Fsp3) is 0.214. The lowest BCUT2D eigenvalue weighted by Gasteiger charge is -2.22. The van der Waals surface area contributed by atoms with E-state index in [1.165, 1.54) is 16.7 Å². The summed E-state index contributed by atoms with van der Waals surface area (Å²) in [6, 6.07) is 23.2. The van der Waals surface area contributed by atoms with E-state index in [2.05, 4.69) is 53.5 Å². The molecule has 0 saturated heterocycles. The Balaban J connectivity index is 1.32. The molecular formula is C28H26N6O. The number of benzene rings is 2. The molecule has 174 valence electrons. The summed E-state index contributed by atoms with van der Waals surface area (Å²) in [6.45, 7) is 2.82. The molecule has 5 aromatic rings. The Morgan fingerprint density at radius 2 is 1.71 bits per heavy atom. The lowest BCUT2D eigenvalue weighted by Crippen LogP contribution is -2.17. The van der Waals surface area contributed by atoms with Crippen molar-refractivity contribution in [3.63, 3.8) is 0 Å². The van der Waals surface area contributed by atoms with Crippen molar-refractivity contribution in [3.05, 3.63) is 96.3 Å². The van der Waals surface area contributed by atoms with Crippen LogP contribution in [0.1, 0.15) is 35.8 Å². The summed E-state index contributed by atoms with van der Waals surface area (Å²) < 4.78 is 9.54. The van der Waals surface area contributed by atoms with Crippen LogP contribution in [0.3, 0.4) is 0 Å². The minimum atomic E-state index is 0.213. The van der Waals surface area contributed by atoms with E-state index in [0.717, 1.165) is 36.6 Å². The predicted octanol–water partition coefficient (Wildman–Crippen LogP) is 5.44. The van der Waals surface area contributed by atoms with Crippen molar-refractivity contribution in [2.24, 2.45) is 0 Å². The number of hydrogen-bond donors (Lipinski definition) is 0. The maximum Gasteiger partial charge on any atom is 0.238 e. The number of hydrogen-bond acceptors (Lipinski definition) is 5. The van der Waals surface area contributed by atoms with Crippen molar-refractivity contribution in [1.82, 2.24) is 29.3 Å². The molecule has 35 heavy (non-hydrogen) atoms. The molecule has 0 N–H and O–H groups in total. The fourth-order valence-corrected chi connectivity index (χ4v) is 4.77. The third-order valence-corrected chi connectivity index (χ3v) is 6.55. The quantitative estimate of drug-likeness (QED) is 0.348. The van der Waals surface area contributed by atoms with Crippen LogP contribution in [-0.4, -0.2) is 36.4 Å². The van der Waals surface area contributed by atoms with Crippen LogP contribution >= 0.6 is 0 Å². The Kier molecular flexibility index (Phi) is 5.37. The van der Waals surface area contributed by atoms with Crippen LogP contribution in [-0.2, 0) is 6.54 Å². The van der Waals surface area contributed by atoms with Gasteiger partial charge in [-0.2, -0.15) is 0 Å². The second-order valence-corrected chi connectivity index (χ2v) is 8.85. The Bertz CT molecular complexity index is 1470. The normalized spacial score (nSPS) is 15.1. The van der Waals surface area contributed by atoms with Gasteiger partial charge in [-0.25, -0.2) is 19.6 Å². The molecule has 1 atom stereocenters. The highest BCUT2D eigenvalue weighted by molar-refractivity contribution is 5.63. The number of pyridine rings is 1. The lowest BCUT2D eigenvalue weighted by atomic mass is 9.90. The van der Waals surface area contributed by atoms with Crippen LogP contribution in [0.25, 0.3) is 28.3 Å².